The van der Waals surface area contributed by atoms with Gasteiger partial charge in [0.25, 0.3) is 0 Å². The zero-order valence-corrected chi connectivity index (χ0v) is 12.8. The van der Waals surface area contributed by atoms with Crippen LogP contribution < -0.4 is 10.5 Å². The number of nitrogens with zero attached hydrogens (tertiary/aromatic N) is 1. The highest BCUT2D eigenvalue weighted by Gasteiger charge is 2.27. The minimum Gasteiger partial charge on any atom is -0.494 e. The molecule has 1 aliphatic rings. The molecule has 3 nitrogen and oxygen atoms in total. The summed E-state index contributed by atoms with van der Waals surface area (Å²) in [7, 11) is 0. The molecule has 1 aromatic rings. The highest BCUT2D eigenvalue weighted by molar-refractivity contribution is 5.33. The van der Waals surface area contributed by atoms with Gasteiger partial charge >= 0.3 is 0 Å². The van der Waals surface area contributed by atoms with Crippen molar-refractivity contribution >= 4 is 0 Å². The minimum atomic E-state index is 0.517. The van der Waals surface area contributed by atoms with Crippen molar-refractivity contribution in [3.05, 3.63) is 29.8 Å². The average molecular weight is 276 g/mol. The summed E-state index contributed by atoms with van der Waals surface area (Å²) in [5.41, 5.74) is 7.27. The number of hydrogen-bond acceptors (Lipinski definition) is 3. The fourth-order valence-electron chi connectivity index (χ4n) is 3.16. The quantitative estimate of drug-likeness (QED) is 0.868. The van der Waals surface area contributed by atoms with Crippen molar-refractivity contribution in [2.45, 2.75) is 45.7 Å². The number of ether oxygens (including phenoxy) is 1. The first-order valence-electron chi connectivity index (χ1n) is 7.93. The largest absolute Gasteiger partial charge is 0.494 e. The standard InChI is InChI=1S/C17H28N2O/c1-3-14-9-10-19(16(11-14)12-18)13-15-7-5-6-8-17(15)20-4-2/h5-8,14,16H,3-4,9-13,18H2,1-2H3. The maximum Gasteiger partial charge on any atom is 0.123 e. The molecule has 2 N–H and O–H groups in total. The number of piperidine rings is 1. The van der Waals surface area contributed by atoms with Crippen LogP contribution in [0.1, 0.15) is 38.7 Å². The lowest BCUT2D eigenvalue weighted by Crippen LogP contribution is -2.46. The van der Waals surface area contributed by atoms with Crippen molar-refractivity contribution in [2.24, 2.45) is 11.7 Å². The van der Waals surface area contributed by atoms with Gasteiger partial charge in [0.2, 0.25) is 0 Å². The summed E-state index contributed by atoms with van der Waals surface area (Å²) < 4.78 is 5.73. The van der Waals surface area contributed by atoms with Gasteiger partial charge in [-0.05, 0) is 38.3 Å². The minimum absolute atomic E-state index is 0.517. The van der Waals surface area contributed by atoms with Crippen LogP contribution in [0.2, 0.25) is 0 Å². The summed E-state index contributed by atoms with van der Waals surface area (Å²) in [4.78, 5) is 2.53. The van der Waals surface area contributed by atoms with E-state index < -0.39 is 0 Å². The third-order valence-corrected chi connectivity index (χ3v) is 4.44. The molecule has 0 saturated carbocycles. The third kappa shape index (κ3) is 3.74. The van der Waals surface area contributed by atoms with E-state index in [9.17, 15) is 0 Å². The Kier molecular flexibility index (Phi) is 5.86. The first-order valence-corrected chi connectivity index (χ1v) is 7.93. The number of rotatable bonds is 6. The van der Waals surface area contributed by atoms with Gasteiger partial charge in [-0.1, -0.05) is 31.5 Å². The van der Waals surface area contributed by atoms with Gasteiger partial charge in [0.15, 0.2) is 0 Å². The molecule has 0 bridgehead atoms. The fraction of sp³-hybridized carbons (Fsp3) is 0.647. The van der Waals surface area contributed by atoms with E-state index in [2.05, 4.69) is 30.0 Å². The number of benzene rings is 1. The number of para-hydroxylation sites is 1. The molecular formula is C17H28N2O. The van der Waals surface area contributed by atoms with Crippen molar-refractivity contribution in [3.8, 4) is 5.75 Å². The second-order valence-corrected chi connectivity index (χ2v) is 5.70. The van der Waals surface area contributed by atoms with Crippen molar-refractivity contribution in [1.29, 1.82) is 0 Å². The predicted molar refractivity (Wildman–Crippen MR) is 83.9 cm³/mol. The van der Waals surface area contributed by atoms with Crippen molar-refractivity contribution in [1.82, 2.24) is 4.90 Å². The van der Waals surface area contributed by atoms with Crippen LogP contribution in [-0.2, 0) is 6.54 Å². The van der Waals surface area contributed by atoms with Crippen LogP contribution >= 0.6 is 0 Å². The van der Waals surface area contributed by atoms with Crippen molar-refractivity contribution in [3.63, 3.8) is 0 Å². The topological polar surface area (TPSA) is 38.5 Å². The Morgan fingerprint density at radius 1 is 1.30 bits per heavy atom. The van der Waals surface area contributed by atoms with E-state index in [1.807, 2.05) is 13.0 Å². The highest BCUT2D eigenvalue weighted by atomic mass is 16.5. The van der Waals surface area contributed by atoms with Crippen LogP contribution in [0.15, 0.2) is 24.3 Å². The van der Waals surface area contributed by atoms with Gasteiger partial charge in [0.05, 0.1) is 6.61 Å². The van der Waals surface area contributed by atoms with Gasteiger partial charge in [-0.2, -0.15) is 0 Å². The molecule has 1 aliphatic heterocycles. The SMILES string of the molecule is CCOc1ccccc1CN1CCC(CC)CC1CN. The van der Waals surface area contributed by atoms with Gasteiger partial charge in [-0.3, -0.25) is 4.90 Å². The molecule has 2 rings (SSSR count). The lowest BCUT2D eigenvalue weighted by Gasteiger charge is -2.39. The summed E-state index contributed by atoms with van der Waals surface area (Å²) in [5, 5.41) is 0. The van der Waals surface area contributed by atoms with E-state index in [0.717, 1.165) is 37.9 Å². The van der Waals surface area contributed by atoms with Gasteiger partial charge in [0.1, 0.15) is 5.75 Å². The second kappa shape index (κ2) is 7.65. The molecule has 20 heavy (non-hydrogen) atoms. The lowest BCUT2D eigenvalue weighted by atomic mass is 9.88. The maximum absolute atomic E-state index is 5.99. The molecule has 0 radical (unpaired) electrons. The van der Waals surface area contributed by atoms with Gasteiger partial charge < -0.3 is 10.5 Å². The Morgan fingerprint density at radius 3 is 2.80 bits per heavy atom. The molecular weight excluding hydrogens is 248 g/mol. The molecule has 0 amide bonds. The normalized spacial score (nSPS) is 23.8. The van der Waals surface area contributed by atoms with Crippen LogP contribution in [0.4, 0.5) is 0 Å². The van der Waals surface area contributed by atoms with Crippen LogP contribution in [0.3, 0.4) is 0 Å². The molecule has 3 heteroatoms. The van der Waals surface area contributed by atoms with E-state index in [0.29, 0.717) is 6.04 Å². The van der Waals surface area contributed by atoms with E-state index >= 15 is 0 Å². The Balaban J connectivity index is 2.05. The average Bonchev–Trinajstić information content (AvgIpc) is 2.50. The second-order valence-electron chi connectivity index (χ2n) is 5.70. The molecule has 1 saturated heterocycles. The molecule has 0 spiro atoms. The molecule has 112 valence electrons. The summed E-state index contributed by atoms with van der Waals surface area (Å²) >= 11 is 0. The summed E-state index contributed by atoms with van der Waals surface area (Å²) in [5.74, 6) is 1.87. The monoisotopic (exact) mass is 276 g/mol. The van der Waals surface area contributed by atoms with Gasteiger partial charge in [0, 0.05) is 24.7 Å². The zero-order valence-electron chi connectivity index (χ0n) is 12.8. The smallest absolute Gasteiger partial charge is 0.123 e. The third-order valence-electron chi connectivity index (χ3n) is 4.44. The fourth-order valence-corrected chi connectivity index (χ4v) is 3.16. The zero-order chi connectivity index (χ0) is 14.4. The Labute approximate surface area is 123 Å². The Morgan fingerprint density at radius 2 is 2.10 bits per heavy atom. The Hall–Kier alpha value is -1.06. The summed E-state index contributed by atoms with van der Waals surface area (Å²) in [6.45, 7) is 7.91. The number of nitrogens with two attached hydrogens (primary N) is 1. The van der Waals surface area contributed by atoms with Crippen molar-refractivity contribution in [2.75, 3.05) is 19.7 Å². The first kappa shape index (κ1) is 15.3. The summed E-state index contributed by atoms with van der Waals surface area (Å²) in [6.07, 6.45) is 3.81. The van der Waals surface area contributed by atoms with E-state index in [-0.39, 0.29) is 0 Å². The van der Waals surface area contributed by atoms with E-state index in [4.69, 9.17) is 10.5 Å². The maximum atomic E-state index is 5.99. The summed E-state index contributed by atoms with van der Waals surface area (Å²) in [6, 6.07) is 8.88. The van der Waals surface area contributed by atoms with Crippen LogP contribution in [0.25, 0.3) is 0 Å². The van der Waals surface area contributed by atoms with Crippen molar-refractivity contribution < 1.29 is 4.74 Å². The van der Waals surface area contributed by atoms with Gasteiger partial charge in [-0.25, -0.2) is 0 Å². The van der Waals surface area contributed by atoms with Crippen LogP contribution in [-0.4, -0.2) is 30.6 Å². The number of likely N-dealkylation sites (tertiary alicyclic amines) is 1. The predicted octanol–water partition coefficient (Wildman–Crippen LogP) is 3.03. The lowest BCUT2D eigenvalue weighted by molar-refractivity contribution is 0.106. The number of hydrogen-bond donors (Lipinski definition) is 1. The molecule has 1 fully saturated rings. The Bertz CT molecular complexity index is 408. The van der Waals surface area contributed by atoms with Crippen LogP contribution in [0, 0.1) is 5.92 Å². The molecule has 2 atom stereocenters. The van der Waals surface area contributed by atoms with E-state index in [1.165, 1.54) is 24.8 Å². The van der Waals surface area contributed by atoms with Crippen LogP contribution in [0.5, 0.6) is 5.75 Å². The highest BCUT2D eigenvalue weighted by Crippen LogP contribution is 2.28. The molecule has 2 unspecified atom stereocenters. The first-order chi connectivity index (χ1) is 9.78. The van der Waals surface area contributed by atoms with Gasteiger partial charge in [-0.15, -0.1) is 0 Å². The molecule has 0 aliphatic carbocycles. The molecule has 1 aromatic carbocycles. The molecule has 1 heterocycles. The van der Waals surface area contributed by atoms with E-state index in [1.54, 1.807) is 0 Å². The molecule has 0 aromatic heterocycles.